The van der Waals surface area contributed by atoms with Crippen molar-refractivity contribution in [1.29, 1.82) is 0 Å². The largest absolute Gasteiger partial charge is 0.332 e. The quantitative estimate of drug-likeness (QED) is 0.485. The normalized spacial score (nSPS) is 18.2. The van der Waals surface area contributed by atoms with Gasteiger partial charge in [-0.1, -0.05) is 70.0 Å². The first-order valence-corrected chi connectivity index (χ1v) is 10.9. The fraction of sp³-hybridized carbons (Fsp3) is 0.765. The van der Waals surface area contributed by atoms with Crippen LogP contribution >= 0.6 is 0 Å². The molecular formula is C17H33NSi. The molecule has 1 nitrogen and oxygen atoms in total. The first-order valence-electron chi connectivity index (χ1n) is 7.89. The second-order valence-electron chi connectivity index (χ2n) is 7.57. The van der Waals surface area contributed by atoms with Gasteiger partial charge < -0.3 is 4.98 Å². The van der Waals surface area contributed by atoms with E-state index in [0.717, 1.165) is 0 Å². The molecule has 0 aromatic rings. The molecule has 0 amide bonds. The van der Waals surface area contributed by atoms with Crippen molar-refractivity contribution in [3.8, 4) is 0 Å². The van der Waals surface area contributed by atoms with Crippen molar-refractivity contribution < 1.29 is 0 Å². The third kappa shape index (κ3) is 4.61. The highest BCUT2D eigenvalue weighted by Crippen LogP contribution is 2.47. The van der Waals surface area contributed by atoms with Crippen LogP contribution in [0.3, 0.4) is 0 Å². The summed E-state index contributed by atoms with van der Waals surface area (Å²) in [6.45, 7) is 14.1. The third-order valence-electron chi connectivity index (χ3n) is 4.19. The van der Waals surface area contributed by atoms with Crippen LogP contribution in [0.1, 0.15) is 59.8 Å². The van der Waals surface area contributed by atoms with Crippen LogP contribution < -0.4 is 4.98 Å². The number of hydrogen-bond donors (Lipinski definition) is 1. The highest BCUT2D eigenvalue weighted by molar-refractivity contribution is 6.79. The van der Waals surface area contributed by atoms with Crippen molar-refractivity contribution in [2.24, 2.45) is 0 Å². The van der Waals surface area contributed by atoms with Gasteiger partial charge in [0.1, 0.15) is 8.24 Å². The van der Waals surface area contributed by atoms with Gasteiger partial charge in [0, 0.05) is 10.6 Å². The maximum absolute atomic E-state index is 3.96. The molecule has 2 heteroatoms. The third-order valence-corrected chi connectivity index (χ3v) is 8.48. The Morgan fingerprint density at radius 2 is 1.58 bits per heavy atom. The van der Waals surface area contributed by atoms with E-state index >= 15 is 0 Å². The van der Waals surface area contributed by atoms with Crippen LogP contribution in [0.2, 0.25) is 18.1 Å². The smallest absolute Gasteiger partial charge is 0.133 e. The second-order valence-corrected chi connectivity index (χ2v) is 12.0. The van der Waals surface area contributed by atoms with Gasteiger partial charge in [-0.3, -0.25) is 0 Å². The molecule has 0 saturated heterocycles. The molecule has 0 aromatic carbocycles. The van der Waals surface area contributed by atoms with Crippen molar-refractivity contribution in [2.75, 3.05) is 0 Å². The van der Waals surface area contributed by atoms with Gasteiger partial charge in [0.25, 0.3) is 0 Å². The lowest BCUT2D eigenvalue weighted by Crippen LogP contribution is -2.60. The number of allylic oxidation sites excluding steroid dienone is 4. The zero-order chi connectivity index (χ0) is 14.6. The van der Waals surface area contributed by atoms with E-state index in [1.165, 1.54) is 32.1 Å². The SMILES string of the molecule is CCCCCCC1([Si](C)(C)NC(C)(C)C)C=CC=C1. The fourth-order valence-corrected chi connectivity index (χ4v) is 7.24. The van der Waals surface area contributed by atoms with Crippen LogP contribution in [0.25, 0.3) is 0 Å². The van der Waals surface area contributed by atoms with Gasteiger partial charge in [-0.05, 0) is 27.2 Å². The Morgan fingerprint density at radius 1 is 1.00 bits per heavy atom. The summed E-state index contributed by atoms with van der Waals surface area (Å²) in [7, 11) is -1.54. The molecule has 0 radical (unpaired) electrons. The summed E-state index contributed by atoms with van der Waals surface area (Å²) in [5.41, 5.74) is 0.205. The van der Waals surface area contributed by atoms with Gasteiger partial charge >= 0.3 is 0 Å². The van der Waals surface area contributed by atoms with Crippen LogP contribution in [-0.2, 0) is 0 Å². The van der Waals surface area contributed by atoms with Crippen molar-refractivity contribution in [1.82, 2.24) is 4.98 Å². The second kappa shape index (κ2) is 6.40. The van der Waals surface area contributed by atoms with Gasteiger partial charge in [0.15, 0.2) is 0 Å². The number of rotatable bonds is 7. The maximum Gasteiger partial charge on any atom is 0.133 e. The molecule has 0 spiro atoms. The Morgan fingerprint density at radius 3 is 2.05 bits per heavy atom. The summed E-state index contributed by atoms with van der Waals surface area (Å²) >= 11 is 0. The average molecular weight is 280 g/mol. The minimum absolute atomic E-state index is 0.205. The lowest BCUT2D eigenvalue weighted by atomic mass is 10.0. The van der Waals surface area contributed by atoms with Crippen LogP contribution in [0.15, 0.2) is 24.3 Å². The van der Waals surface area contributed by atoms with Crippen molar-refractivity contribution in [2.45, 2.75) is 83.5 Å². The topological polar surface area (TPSA) is 12.0 Å². The standard InChI is InChI=1S/C17H33NSi/c1-7-8-9-10-13-17(14-11-12-15-17)19(5,6)18-16(2,3)4/h11-12,14-15,18H,7-10,13H2,1-6H3. The fourth-order valence-electron chi connectivity index (χ4n) is 3.30. The molecule has 0 saturated carbocycles. The molecule has 1 N–H and O–H groups in total. The zero-order valence-corrected chi connectivity index (χ0v) is 14.8. The van der Waals surface area contributed by atoms with Gasteiger partial charge in [-0.2, -0.15) is 0 Å². The summed E-state index contributed by atoms with van der Waals surface area (Å²) < 4.78 is 0. The minimum Gasteiger partial charge on any atom is -0.332 e. The molecule has 1 aliphatic rings. The predicted octanol–water partition coefficient (Wildman–Crippen LogP) is 5.42. The summed E-state index contributed by atoms with van der Waals surface area (Å²) in [6.07, 6.45) is 16.1. The molecule has 0 aromatic heterocycles. The van der Waals surface area contributed by atoms with E-state index in [9.17, 15) is 0 Å². The van der Waals surface area contributed by atoms with E-state index in [1.54, 1.807) is 0 Å². The summed E-state index contributed by atoms with van der Waals surface area (Å²) in [6, 6.07) is 0. The van der Waals surface area contributed by atoms with Crippen LogP contribution in [0.4, 0.5) is 0 Å². The lowest BCUT2D eigenvalue weighted by Gasteiger charge is -2.45. The Bertz CT molecular complexity index is 322. The highest BCUT2D eigenvalue weighted by atomic mass is 28.3. The average Bonchev–Trinajstić information content (AvgIpc) is 2.71. The van der Waals surface area contributed by atoms with Crippen LogP contribution in [0.5, 0.6) is 0 Å². The molecule has 0 fully saturated rings. The minimum atomic E-state index is -1.54. The van der Waals surface area contributed by atoms with Gasteiger partial charge in [-0.25, -0.2) is 0 Å². The number of unbranched alkanes of at least 4 members (excludes halogenated alkanes) is 3. The maximum atomic E-state index is 3.96. The first-order chi connectivity index (χ1) is 8.72. The molecule has 0 bridgehead atoms. The Kier molecular flexibility index (Phi) is 5.63. The number of hydrogen-bond acceptors (Lipinski definition) is 1. The molecule has 1 rings (SSSR count). The molecule has 1 aliphatic carbocycles. The van der Waals surface area contributed by atoms with Gasteiger partial charge in [-0.15, -0.1) is 0 Å². The monoisotopic (exact) mass is 279 g/mol. The Hall–Kier alpha value is -0.343. The Balaban J connectivity index is 2.76. The van der Waals surface area contributed by atoms with Crippen molar-refractivity contribution >= 4 is 8.24 Å². The van der Waals surface area contributed by atoms with Gasteiger partial charge in [0.05, 0.1) is 0 Å². The lowest BCUT2D eigenvalue weighted by molar-refractivity contribution is 0.492. The van der Waals surface area contributed by atoms with E-state index in [1.807, 2.05) is 0 Å². The zero-order valence-electron chi connectivity index (χ0n) is 13.8. The molecular weight excluding hydrogens is 246 g/mol. The van der Waals surface area contributed by atoms with Gasteiger partial charge in [0.2, 0.25) is 0 Å². The summed E-state index contributed by atoms with van der Waals surface area (Å²) in [4.78, 5) is 3.96. The molecule has 0 heterocycles. The summed E-state index contributed by atoms with van der Waals surface area (Å²) in [5.74, 6) is 0. The van der Waals surface area contributed by atoms with Crippen molar-refractivity contribution in [3.05, 3.63) is 24.3 Å². The number of nitrogens with one attached hydrogen (secondary N) is 1. The molecule has 0 aliphatic heterocycles. The van der Waals surface area contributed by atoms with E-state index in [2.05, 4.69) is 70.1 Å². The molecule has 19 heavy (non-hydrogen) atoms. The van der Waals surface area contributed by atoms with E-state index in [0.29, 0.717) is 5.04 Å². The summed E-state index contributed by atoms with van der Waals surface area (Å²) in [5, 5.41) is 0.314. The first kappa shape index (κ1) is 16.7. The van der Waals surface area contributed by atoms with Crippen LogP contribution in [-0.4, -0.2) is 13.8 Å². The Labute approximate surface area is 121 Å². The van der Waals surface area contributed by atoms with Crippen LogP contribution in [0, 0.1) is 0 Å². The predicted molar refractivity (Wildman–Crippen MR) is 90.1 cm³/mol. The molecule has 0 atom stereocenters. The van der Waals surface area contributed by atoms with E-state index < -0.39 is 8.24 Å². The molecule has 110 valence electrons. The van der Waals surface area contributed by atoms with E-state index in [-0.39, 0.29) is 5.54 Å². The van der Waals surface area contributed by atoms with E-state index in [4.69, 9.17) is 0 Å². The highest BCUT2D eigenvalue weighted by Gasteiger charge is 2.45. The molecule has 0 unspecified atom stereocenters. The van der Waals surface area contributed by atoms with Crippen molar-refractivity contribution in [3.63, 3.8) is 0 Å².